The van der Waals surface area contributed by atoms with Gasteiger partial charge in [-0.3, -0.25) is 0 Å². The minimum absolute atomic E-state index is 0. The van der Waals surface area contributed by atoms with Crippen molar-refractivity contribution >= 4 is 17.9 Å². The molecule has 0 aromatic heterocycles. The Morgan fingerprint density at radius 1 is 0.870 bits per heavy atom. The van der Waals surface area contributed by atoms with Gasteiger partial charge in [-0.25, -0.2) is 0 Å². The van der Waals surface area contributed by atoms with E-state index < -0.39 is 41.4 Å². The third-order valence-corrected chi connectivity index (χ3v) is 1.25. The summed E-state index contributed by atoms with van der Waals surface area (Å²) in [4.78, 5) is 38.2. The Balaban J connectivity index is -0.0000000339. The molecule has 0 aromatic carbocycles. The monoisotopic (exact) mass is 395 g/mol. The molecular formula is C6H9KNNa3O12. The van der Waals surface area contributed by atoms with Gasteiger partial charge in [0.2, 0.25) is 0 Å². The second kappa shape index (κ2) is 26.4. The maximum atomic E-state index is 10.1. The number of carbonyl (C=O) groups excluding carboxylic acids is 3. The number of aliphatic hydroxyl groups is 1. The van der Waals surface area contributed by atoms with Crippen molar-refractivity contribution in [3.05, 3.63) is 15.3 Å². The molecule has 0 atom stereocenters. The second-order valence-electron chi connectivity index (χ2n) is 2.64. The minimum atomic E-state index is -2.97. The van der Waals surface area contributed by atoms with Crippen LogP contribution in [0.1, 0.15) is 12.8 Å². The number of hydrogen-bond acceptors (Lipinski definition) is 10. The molecule has 23 heavy (non-hydrogen) atoms. The van der Waals surface area contributed by atoms with Gasteiger partial charge in [0.1, 0.15) is 5.60 Å². The molecule has 0 aromatic rings. The van der Waals surface area contributed by atoms with Crippen molar-refractivity contribution in [1.29, 1.82) is 0 Å². The Morgan fingerprint density at radius 3 is 1.13 bits per heavy atom. The number of hydrogen-bond donors (Lipinski definition) is 1. The smallest absolute Gasteiger partial charge is 0.550 e. The summed E-state index contributed by atoms with van der Waals surface area (Å²) in [6.45, 7) is 0. The van der Waals surface area contributed by atoms with Gasteiger partial charge in [0, 0.05) is 24.8 Å². The number of carboxylic acid groups (broad SMARTS) is 3. The number of carbonyl (C=O) groups is 3. The third kappa shape index (κ3) is 35.9. The molecule has 0 fully saturated rings. The van der Waals surface area contributed by atoms with Crippen molar-refractivity contribution in [1.82, 2.24) is 0 Å². The standard InChI is InChI=1S/C6H8O7.K.NO3.3Na.2H2O/c7-3(8)1-6(13,5(11)12)2-4(9)10;;2-1(3)4;;;;;/h13H,1-2H2,(H,7,8)(H,9,10)(H,11,12);;;;;;2*1H2/q;+1;-1;3*+1;;/p-3. The van der Waals surface area contributed by atoms with Crippen molar-refractivity contribution in [3.8, 4) is 0 Å². The van der Waals surface area contributed by atoms with Crippen LogP contribution in [-0.2, 0) is 14.4 Å². The van der Waals surface area contributed by atoms with Gasteiger partial charge in [0.25, 0.3) is 0 Å². The molecule has 0 bridgehead atoms. The first-order valence-corrected chi connectivity index (χ1v) is 3.66. The summed E-state index contributed by atoms with van der Waals surface area (Å²) in [7, 11) is 0. The fourth-order valence-electron chi connectivity index (χ4n) is 0.684. The number of rotatable bonds is 5. The van der Waals surface area contributed by atoms with E-state index in [1.165, 1.54) is 0 Å². The first-order valence-electron chi connectivity index (χ1n) is 3.66. The van der Waals surface area contributed by atoms with Crippen LogP contribution in [0.4, 0.5) is 0 Å². The zero-order chi connectivity index (χ0) is 14.2. The molecule has 0 aliphatic heterocycles. The summed E-state index contributed by atoms with van der Waals surface area (Å²) in [6.07, 6.45) is -2.72. The quantitative estimate of drug-likeness (QED) is 0.260. The van der Waals surface area contributed by atoms with E-state index in [1.807, 2.05) is 0 Å². The molecule has 114 valence electrons. The molecule has 0 amide bonds. The van der Waals surface area contributed by atoms with Crippen molar-refractivity contribution in [3.63, 3.8) is 0 Å². The minimum Gasteiger partial charge on any atom is -0.550 e. The molecule has 0 rings (SSSR count). The molecule has 0 aliphatic carbocycles. The Labute approximate surface area is 238 Å². The Morgan fingerprint density at radius 2 is 1.04 bits per heavy atom. The van der Waals surface area contributed by atoms with Gasteiger partial charge in [-0.1, -0.05) is 0 Å². The molecule has 0 aliphatic rings. The summed E-state index contributed by atoms with van der Waals surface area (Å²) >= 11 is 0. The first-order chi connectivity index (χ1) is 7.51. The molecule has 0 unspecified atom stereocenters. The van der Waals surface area contributed by atoms with Gasteiger partial charge in [-0.05, 0) is 0 Å². The van der Waals surface area contributed by atoms with E-state index in [4.69, 9.17) is 20.4 Å². The van der Waals surface area contributed by atoms with Gasteiger partial charge in [0.15, 0.2) is 0 Å². The van der Waals surface area contributed by atoms with Crippen LogP contribution in [0.15, 0.2) is 0 Å². The van der Waals surface area contributed by atoms with Gasteiger partial charge < -0.3 is 61.1 Å². The van der Waals surface area contributed by atoms with E-state index >= 15 is 0 Å². The largest absolute Gasteiger partial charge is 1.00 e. The van der Waals surface area contributed by atoms with Crippen molar-refractivity contribution < 1.29 is 191 Å². The van der Waals surface area contributed by atoms with Crippen LogP contribution in [0.25, 0.3) is 0 Å². The maximum absolute atomic E-state index is 10.1. The molecule has 0 radical (unpaired) electrons. The molecule has 0 spiro atoms. The molecule has 17 heteroatoms. The average molecular weight is 395 g/mol. The van der Waals surface area contributed by atoms with Crippen LogP contribution in [0.3, 0.4) is 0 Å². The fourth-order valence-corrected chi connectivity index (χ4v) is 0.684. The van der Waals surface area contributed by atoms with E-state index in [-0.39, 0.29) is 151 Å². The van der Waals surface area contributed by atoms with Crippen LogP contribution in [0, 0.1) is 15.3 Å². The van der Waals surface area contributed by atoms with Crippen LogP contribution >= 0.6 is 0 Å². The van der Waals surface area contributed by atoms with Crippen LogP contribution in [-0.4, -0.2) is 44.7 Å². The maximum Gasteiger partial charge on any atom is 1.00 e. The molecular weight excluding hydrogens is 386 g/mol. The normalized spacial score (nSPS) is 7.17. The van der Waals surface area contributed by atoms with Gasteiger partial charge in [-0.15, -0.1) is 0 Å². The van der Waals surface area contributed by atoms with E-state index in [9.17, 15) is 29.7 Å². The summed E-state index contributed by atoms with van der Waals surface area (Å²) in [5.41, 5.74) is -2.97. The van der Waals surface area contributed by atoms with Crippen molar-refractivity contribution in [2.75, 3.05) is 0 Å². The molecule has 0 heterocycles. The first kappa shape index (κ1) is 49.9. The Hall–Kier alpha value is 2.13. The van der Waals surface area contributed by atoms with Gasteiger partial charge in [0.05, 0.1) is 11.1 Å². The summed E-state index contributed by atoms with van der Waals surface area (Å²) in [5.74, 6) is -5.98. The number of carboxylic acids is 3. The van der Waals surface area contributed by atoms with Crippen molar-refractivity contribution in [2.45, 2.75) is 18.4 Å². The number of nitrogens with zero attached hydrogens (tertiary/aromatic N) is 1. The van der Waals surface area contributed by atoms with Crippen LogP contribution in [0.2, 0.25) is 0 Å². The number of aliphatic carboxylic acids is 3. The van der Waals surface area contributed by atoms with Gasteiger partial charge >= 0.3 is 140 Å². The average Bonchev–Trinajstić information content (AvgIpc) is 1.98. The zero-order valence-corrected chi connectivity index (χ0v) is 22.1. The Bertz CT molecular complexity index is 323. The predicted molar refractivity (Wildman–Crippen MR) is 46.8 cm³/mol. The molecule has 0 saturated heterocycles. The zero-order valence-electron chi connectivity index (χ0n) is 13.0. The second-order valence-corrected chi connectivity index (χ2v) is 2.64. The van der Waals surface area contributed by atoms with E-state index in [0.717, 1.165) is 0 Å². The molecule has 13 nitrogen and oxygen atoms in total. The third-order valence-electron chi connectivity index (χ3n) is 1.25. The van der Waals surface area contributed by atoms with E-state index in [0.29, 0.717) is 0 Å². The summed E-state index contributed by atoms with van der Waals surface area (Å²) in [5, 5.41) is 53.7. The van der Waals surface area contributed by atoms with E-state index in [1.54, 1.807) is 0 Å². The summed E-state index contributed by atoms with van der Waals surface area (Å²) < 4.78 is 0. The summed E-state index contributed by atoms with van der Waals surface area (Å²) in [6, 6.07) is 0. The van der Waals surface area contributed by atoms with Gasteiger partial charge in [-0.2, -0.15) is 0 Å². The van der Waals surface area contributed by atoms with Crippen LogP contribution in [0.5, 0.6) is 0 Å². The SMILES string of the molecule is O.O.O=C([O-])CC(O)(CC(=O)[O-])C(=O)[O-].O=[N+]([O-])[O-].[K+].[Na+].[Na+].[Na+]. The fraction of sp³-hybridized carbons (Fsp3) is 0.500. The molecule has 0 saturated carbocycles. The Kier molecular flexibility index (Phi) is 57.1. The topological polar surface area (TPSA) is 270 Å². The van der Waals surface area contributed by atoms with Crippen molar-refractivity contribution in [2.24, 2.45) is 0 Å². The molecule has 5 N–H and O–H groups in total. The van der Waals surface area contributed by atoms with E-state index in [2.05, 4.69) is 0 Å². The van der Waals surface area contributed by atoms with Crippen LogP contribution < -0.4 is 155 Å². The predicted octanol–water partition coefficient (Wildman–Crippen LogP) is -19.1.